The van der Waals surface area contributed by atoms with Crippen molar-refractivity contribution in [1.29, 1.82) is 0 Å². The fourth-order valence-corrected chi connectivity index (χ4v) is 1.13. The van der Waals surface area contributed by atoms with Crippen molar-refractivity contribution < 1.29 is 14.3 Å². The maximum absolute atomic E-state index is 10.8. The molecule has 1 aliphatic rings. The summed E-state index contributed by atoms with van der Waals surface area (Å²) in [5.74, 6) is 2.26. The van der Waals surface area contributed by atoms with E-state index in [1.54, 1.807) is 0 Å². The lowest BCUT2D eigenvalue weighted by Gasteiger charge is -2.10. The lowest BCUT2D eigenvalue weighted by molar-refractivity contribution is -0.142. The van der Waals surface area contributed by atoms with Gasteiger partial charge in [-0.2, -0.15) is 0 Å². The van der Waals surface area contributed by atoms with Crippen molar-refractivity contribution in [3.05, 3.63) is 0 Å². The van der Waals surface area contributed by atoms with Gasteiger partial charge in [0.25, 0.3) is 0 Å². The van der Waals surface area contributed by atoms with Crippen LogP contribution in [0.5, 0.6) is 0 Å². The fraction of sp³-hybridized carbons (Fsp3) is 0.667. The molecule has 1 fully saturated rings. The van der Waals surface area contributed by atoms with Crippen LogP contribution in [0.4, 0.5) is 0 Å². The first-order valence-electron chi connectivity index (χ1n) is 4.03. The van der Waals surface area contributed by atoms with Crippen molar-refractivity contribution in [2.24, 2.45) is 0 Å². The Balaban J connectivity index is 2.27. The minimum atomic E-state index is -0.137. The van der Waals surface area contributed by atoms with E-state index in [1.807, 2.05) is 0 Å². The van der Waals surface area contributed by atoms with E-state index in [-0.39, 0.29) is 12.1 Å². The molecule has 0 bridgehead atoms. The van der Waals surface area contributed by atoms with Crippen LogP contribution in [0.1, 0.15) is 19.3 Å². The van der Waals surface area contributed by atoms with Gasteiger partial charge in [-0.3, -0.25) is 4.79 Å². The van der Waals surface area contributed by atoms with Crippen LogP contribution >= 0.6 is 0 Å². The molecule has 0 aromatic heterocycles. The number of hydrogen-bond donors (Lipinski definition) is 0. The molecular weight excluding hydrogens is 156 g/mol. The highest BCUT2D eigenvalue weighted by atomic mass is 16.5. The number of esters is 1. The van der Waals surface area contributed by atoms with Gasteiger partial charge < -0.3 is 9.47 Å². The largest absolute Gasteiger partial charge is 0.466 e. The molecule has 1 unspecified atom stereocenters. The highest BCUT2D eigenvalue weighted by Crippen LogP contribution is 2.12. The average molecular weight is 168 g/mol. The highest BCUT2D eigenvalue weighted by molar-refractivity contribution is 5.69. The van der Waals surface area contributed by atoms with E-state index in [9.17, 15) is 4.79 Å². The number of carbonyl (C=O) groups is 1. The summed E-state index contributed by atoms with van der Waals surface area (Å²) < 4.78 is 10.1. The third-order valence-electron chi connectivity index (χ3n) is 1.78. The van der Waals surface area contributed by atoms with Gasteiger partial charge in [-0.15, -0.1) is 6.42 Å². The zero-order valence-electron chi connectivity index (χ0n) is 6.91. The Morgan fingerprint density at radius 3 is 3.25 bits per heavy atom. The quantitative estimate of drug-likeness (QED) is 0.450. The Kier molecular flexibility index (Phi) is 3.62. The highest BCUT2D eigenvalue weighted by Gasteiger charge is 2.16. The van der Waals surface area contributed by atoms with Gasteiger partial charge in [-0.1, -0.05) is 5.92 Å². The van der Waals surface area contributed by atoms with E-state index in [0.717, 1.165) is 12.8 Å². The molecule has 1 rings (SSSR count). The maximum atomic E-state index is 10.8. The third kappa shape index (κ3) is 2.93. The van der Waals surface area contributed by atoms with Gasteiger partial charge >= 0.3 is 5.97 Å². The van der Waals surface area contributed by atoms with Crippen molar-refractivity contribution in [3.63, 3.8) is 0 Å². The van der Waals surface area contributed by atoms with E-state index in [1.165, 1.54) is 0 Å². The Hall–Kier alpha value is -1.01. The number of cyclic esters (lactones) is 1. The lowest BCUT2D eigenvalue weighted by Crippen LogP contribution is -2.13. The molecule has 12 heavy (non-hydrogen) atoms. The SMILES string of the molecule is C#CCOC1CCOC(=O)CC1. The molecule has 0 aromatic rings. The molecule has 0 spiro atoms. The predicted molar refractivity (Wildman–Crippen MR) is 43.4 cm³/mol. The molecule has 0 saturated carbocycles. The topological polar surface area (TPSA) is 35.5 Å². The minimum absolute atomic E-state index is 0.0903. The van der Waals surface area contributed by atoms with Crippen LogP contribution in [0.3, 0.4) is 0 Å². The van der Waals surface area contributed by atoms with Gasteiger partial charge in [-0.05, 0) is 6.42 Å². The molecule has 3 heteroatoms. The van der Waals surface area contributed by atoms with Crippen LogP contribution in [0.2, 0.25) is 0 Å². The van der Waals surface area contributed by atoms with Crippen molar-refractivity contribution in [1.82, 2.24) is 0 Å². The Labute approximate surface area is 72.0 Å². The molecule has 0 aliphatic carbocycles. The molecule has 1 atom stereocenters. The summed E-state index contributed by atoms with van der Waals surface area (Å²) in [5.41, 5.74) is 0. The minimum Gasteiger partial charge on any atom is -0.466 e. The van der Waals surface area contributed by atoms with Crippen molar-refractivity contribution in [2.75, 3.05) is 13.2 Å². The lowest BCUT2D eigenvalue weighted by atomic mass is 10.1. The Morgan fingerprint density at radius 2 is 2.50 bits per heavy atom. The maximum Gasteiger partial charge on any atom is 0.305 e. The zero-order valence-corrected chi connectivity index (χ0v) is 6.91. The first-order valence-corrected chi connectivity index (χ1v) is 4.03. The molecule has 1 heterocycles. The predicted octanol–water partition coefficient (Wildman–Crippen LogP) is 0.732. The van der Waals surface area contributed by atoms with Gasteiger partial charge in [-0.25, -0.2) is 0 Å². The van der Waals surface area contributed by atoms with Crippen LogP contribution in [0.15, 0.2) is 0 Å². The number of hydrogen-bond acceptors (Lipinski definition) is 3. The van der Waals surface area contributed by atoms with Gasteiger partial charge in [0.15, 0.2) is 0 Å². The first-order chi connectivity index (χ1) is 5.83. The summed E-state index contributed by atoms with van der Waals surface area (Å²) in [6.07, 6.45) is 7.05. The van der Waals surface area contributed by atoms with E-state index < -0.39 is 0 Å². The first kappa shape index (κ1) is 9.08. The summed E-state index contributed by atoms with van der Waals surface area (Å²) in [7, 11) is 0. The number of rotatable bonds is 2. The molecule has 66 valence electrons. The molecule has 0 amide bonds. The smallest absolute Gasteiger partial charge is 0.305 e. The van der Waals surface area contributed by atoms with Crippen molar-refractivity contribution in [3.8, 4) is 12.3 Å². The molecule has 1 aliphatic heterocycles. The van der Waals surface area contributed by atoms with Crippen molar-refractivity contribution >= 4 is 5.97 Å². The molecule has 0 aromatic carbocycles. The zero-order chi connectivity index (χ0) is 8.81. The van der Waals surface area contributed by atoms with E-state index in [2.05, 4.69) is 5.92 Å². The fourth-order valence-electron chi connectivity index (χ4n) is 1.13. The summed E-state index contributed by atoms with van der Waals surface area (Å²) in [4.78, 5) is 10.8. The van der Waals surface area contributed by atoms with Crippen LogP contribution in [0.25, 0.3) is 0 Å². The van der Waals surface area contributed by atoms with E-state index in [4.69, 9.17) is 15.9 Å². The van der Waals surface area contributed by atoms with E-state index >= 15 is 0 Å². The van der Waals surface area contributed by atoms with Gasteiger partial charge in [0.2, 0.25) is 0 Å². The van der Waals surface area contributed by atoms with Gasteiger partial charge in [0.05, 0.1) is 12.7 Å². The monoisotopic (exact) mass is 168 g/mol. The van der Waals surface area contributed by atoms with Gasteiger partial charge in [0, 0.05) is 12.8 Å². The summed E-state index contributed by atoms with van der Waals surface area (Å²) in [5, 5.41) is 0. The second-order valence-corrected chi connectivity index (χ2v) is 2.68. The number of ether oxygens (including phenoxy) is 2. The van der Waals surface area contributed by atoms with Gasteiger partial charge in [0.1, 0.15) is 6.61 Å². The Bertz CT molecular complexity index is 192. The van der Waals surface area contributed by atoms with Crippen molar-refractivity contribution in [2.45, 2.75) is 25.4 Å². The summed E-state index contributed by atoms with van der Waals surface area (Å²) in [6, 6.07) is 0. The molecule has 3 nitrogen and oxygen atoms in total. The molecular formula is C9H12O3. The van der Waals surface area contributed by atoms with Crippen LogP contribution in [0, 0.1) is 12.3 Å². The summed E-state index contributed by atoms with van der Waals surface area (Å²) in [6.45, 7) is 0.771. The van der Waals surface area contributed by atoms with E-state index in [0.29, 0.717) is 19.6 Å². The standard InChI is InChI=1S/C9H12O3/c1-2-6-11-8-3-4-9(10)12-7-5-8/h1,8H,3-7H2. The molecule has 0 radical (unpaired) electrons. The number of terminal acetylenes is 1. The Morgan fingerprint density at radius 1 is 1.67 bits per heavy atom. The third-order valence-corrected chi connectivity index (χ3v) is 1.78. The second-order valence-electron chi connectivity index (χ2n) is 2.68. The van der Waals surface area contributed by atoms with Crippen LogP contribution in [-0.4, -0.2) is 25.3 Å². The average Bonchev–Trinajstić information content (AvgIpc) is 2.27. The second kappa shape index (κ2) is 4.78. The normalized spacial score (nSPS) is 23.9. The molecule has 1 saturated heterocycles. The number of carbonyl (C=O) groups excluding carboxylic acids is 1. The summed E-state index contributed by atoms with van der Waals surface area (Å²) >= 11 is 0. The molecule has 0 N–H and O–H groups in total. The van der Waals surface area contributed by atoms with Crippen LogP contribution in [-0.2, 0) is 14.3 Å². The van der Waals surface area contributed by atoms with Crippen LogP contribution < -0.4 is 0 Å².